The first-order valence-corrected chi connectivity index (χ1v) is 3.41. The Morgan fingerprint density at radius 2 is 2.33 bits per heavy atom. The molecule has 0 N–H and O–H groups in total. The van der Waals surface area contributed by atoms with Crippen LogP contribution in [0.25, 0.3) is 0 Å². The second kappa shape index (κ2) is 3.38. The SMILES string of the molecule is O=NC1CC=CCCC1. The number of hydrogen-bond acceptors (Lipinski definition) is 2. The van der Waals surface area contributed by atoms with E-state index in [0.29, 0.717) is 0 Å². The molecule has 0 aliphatic heterocycles. The van der Waals surface area contributed by atoms with Gasteiger partial charge in [0.05, 0.1) is 6.04 Å². The molecule has 1 aliphatic rings. The Hall–Kier alpha value is -0.660. The molecule has 0 fully saturated rings. The molecule has 9 heavy (non-hydrogen) atoms. The molecule has 50 valence electrons. The molecule has 0 saturated carbocycles. The summed E-state index contributed by atoms with van der Waals surface area (Å²) in [5.41, 5.74) is 0. The normalized spacial score (nSPS) is 27.3. The summed E-state index contributed by atoms with van der Waals surface area (Å²) in [5.74, 6) is 0. The molecule has 0 spiro atoms. The van der Waals surface area contributed by atoms with Crippen molar-refractivity contribution in [2.75, 3.05) is 0 Å². The summed E-state index contributed by atoms with van der Waals surface area (Å²) in [4.78, 5) is 10.0. The zero-order valence-electron chi connectivity index (χ0n) is 5.42. The average molecular weight is 125 g/mol. The van der Waals surface area contributed by atoms with Crippen LogP contribution < -0.4 is 0 Å². The molecule has 0 heterocycles. The summed E-state index contributed by atoms with van der Waals surface area (Å²) in [6, 6.07) is 0.0590. The van der Waals surface area contributed by atoms with Gasteiger partial charge in [0.25, 0.3) is 0 Å². The van der Waals surface area contributed by atoms with Gasteiger partial charge in [0.1, 0.15) is 0 Å². The van der Waals surface area contributed by atoms with Crippen molar-refractivity contribution < 1.29 is 0 Å². The molecule has 0 aromatic heterocycles. The third kappa shape index (κ3) is 1.96. The highest BCUT2D eigenvalue weighted by molar-refractivity contribution is 4.89. The molecule has 0 aromatic carbocycles. The number of hydrogen-bond donors (Lipinski definition) is 0. The minimum Gasteiger partial charge on any atom is -0.151 e. The van der Waals surface area contributed by atoms with Gasteiger partial charge in [-0.3, -0.25) is 0 Å². The van der Waals surface area contributed by atoms with Crippen molar-refractivity contribution in [2.24, 2.45) is 5.18 Å². The second-order valence-corrected chi connectivity index (χ2v) is 2.40. The van der Waals surface area contributed by atoms with Crippen LogP contribution in [0.15, 0.2) is 17.3 Å². The van der Waals surface area contributed by atoms with Crippen molar-refractivity contribution >= 4 is 0 Å². The van der Waals surface area contributed by atoms with E-state index in [2.05, 4.69) is 17.3 Å². The lowest BCUT2D eigenvalue weighted by Crippen LogP contribution is -1.98. The highest BCUT2D eigenvalue weighted by atomic mass is 16.3. The molecular weight excluding hydrogens is 114 g/mol. The first kappa shape index (κ1) is 6.46. The topological polar surface area (TPSA) is 29.4 Å². The highest BCUT2D eigenvalue weighted by Crippen LogP contribution is 2.13. The molecule has 1 aliphatic carbocycles. The van der Waals surface area contributed by atoms with Crippen LogP contribution in [-0.2, 0) is 0 Å². The van der Waals surface area contributed by atoms with Gasteiger partial charge < -0.3 is 0 Å². The van der Waals surface area contributed by atoms with Crippen molar-refractivity contribution in [1.82, 2.24) is 0 Å². The van der Waals surface area contributed by atoms with Crippen molar-refractivity contribution in [3.63, 3.8) is 0 Å². The van der Waals surface area contributed by atoms with Crippen LogP contribution in [0.5, 0.6) is 0 Å². The standard InChI is InChI=1S/C7H11NO/c9-8-7-5-3-1-2-4-6-7/h1,3,7H,2,4-6H2. The lowest BCUT2D eigenvalue weighted by molar-refractivity contribution is 0.607. The maximum absolute atomic E-state index is 10.0. The van der Waals surface area contributed by atoms with E-state index in [1.807, 2.05) is 0 Å². The van der Waals surface area contributed by atoms with E-state index >= 15 is 0 Å². The van der Waals surface area contributed by atoms with E-state index in [9.17, 15) is 4.91 Å². The minimum absolute atomic E-state index is 0.0590. The van der Waals surface area contributed by atoms with Crippen LogP contribution in [0, 0.1) is 4.91 Å². The smallest absolute Gasteiger partial charge is 0.0954 e. The quantitative estimate of drug-likeness (QED) is 0.390. The molecular formula is C7H11NO. The highest BCUT2D eigenvalue weighted by Gasteiger charge is 2.07. The Morgan fingerprint density at radius 1 is 1.44 bits per heavy atom. The molecule has 1 unspecified atom stereocenters. The van der Waals surface area contributed by atoms with E-state index in [-0.39, 0.29) is 6.04 Å². The zero-order valence-corrected chi connectivity index (χ0v) is 5.42. The fourth-order valence-corrected chi connectivity index (χ4v) is 1.06. The number of rotatable bonds is 1. The number of nitroso groups, excluding NO2 is 1. The maximum atomic E-state index is 10.0. The van der Waals surface area contributed by atoms with Crippen molar-refractivity contribution in [3.05, 3.63) is 17.1 Å². The molecule has 0 bridgehead atoms. The Bertz CT molecular complexity index is 120. The van der Waals surface area contributed by atoms with E-state index in [4.69, 9.17) is 0 Å². The molecule has 0 radical (unpaired) electrons. The van der Waals surface area contributed by atoms with Gasteiger partial charge in [-0.2, -0.15) is 4.91 Å². The van der Waals surface area contributed by atoms with Crippen LogP contribution in [0.3, 0.4) is 0 Å². The molecule has 0 aromatic rings. The van der Waals surface area contributed by atoms with Gasteiger partial charge in [0.2, 0.25) is 0 Å². The van der Waals surface area contributed by atoms with Crippen molar-refractivity contribution in [2.45, 2.75) is 31.7 Å². The number of allylic oxidation sites excluding steroid dienone is 1. The van der Waals surface area contributed by atoms with Gasteiger partial charge in [-0.05, 0) is 25.7 Å². The summed E-state index contributed by atoms with van der Waals surface area (Å²) in [7, 11) is 0. The van der Waals surface area contributed by atoms with Gasteiger partial charge in [-0.15, -0.1) is 0 Å². The third-order valence-electron chi connectivity index (χ3n) is 1.63. The molecule has 1 rings (SSSR count). The van der Waals surface area contributed by atoms with Gasteiger partial charge in [-0.1, -0.05) is 17.3 Å². The van der Waals surface area contributed by atoms with E-state index in [1.54, 1.807) is 0 Å². The van der Waals surface area contributed by atoms with E-state index < -0.39 is 0 Å². The van der Waals surface area contributed by atoms with Crippen molar-refractivity contribution in [1.29, 1.82) is 0 Å². The lowest BCUT2D eigenvalue weighted by Gasteiger charge is -1.99. The summed E-state index contributed by atoms with van der Waals surface area (Å²) in [6.07, 6.45) is 8.24. The van der Waals surface area contributed by atoms with Gasteiger partial charge in [0.15, 0.2) is 0 Å². The van der Waals surface area contributed by atoms with Gasteiger partial charge in [0, 0.05) is 0 Å². The monoisotopic (exact) mass is 125 g/mol. The zero-order chi connectivity index (χ0) is 6.53. The first-order valence-electron chi connectivity index (χ1n) is 3.41. The molecule has 2 heteroatoms. The fourth-order valence-electron chi connectivity index (χ4n) is 1.06. The van der Waals surface area contributed by atoms with Crippen LogP contribution in [-0.4, -0.2) is 6.04 Å². The maximum Gasteiger partial charge on any atom is 0.0954 e. The molecule has 2 nitrogen and oxygen atoms in total. The molecule has 0 amide bonds. The Kier molecular flexibility index (Phi) is 2.43. The van der Waals surface area contributed by atoms with Crippen molar-refractivity contribution in [3.8, 4) is 0 Å². The first-order chi connectivity index (χ1) is 4.43. The van der Waals surface area contributed by atoms with Gasteiger partial charge >= 0.3 is 0 Å². The van der Waals surface area contributed by atoms with Gasteiger partial charge in [-0.25, -0.2) is 0 Å². The lowest BCUT2D eigenvalue weighted by atomic mass is 10.1. The Morgan fingerprint density at radius 3 is 3.11 bits per heavy atom. The summed E-state index contributed by atoms with van der Waals surface area (Å²) in [6.45, 7) is 0. The van der Waals surface area contributed by atoms with Crippen LogP contribution in [0.1, 0.15) is 25.7 Å². The second-order valence-electron chi connectivity index (χ2n) is 2.40. The minimum atomic E-state index is 0.0590. The average Bonchev–Trinajstić information content (AvgIpc) is 2.13. The number of nitrogens with zero attached hydrogens (tertiary/aromatic N) is 1. The van der Waals surface area contributed by atoms with E-state index in [0.717, 1.165) is 25.7 Å². The predicted octanol–water partition coefficient (Wildman–Crippen LogP) is 2.25. The molecule has 1 atom stereocenters. The molecule has 0 saturated heterocycles. The predicted molar refractivity (Wildman–Crippen MR) is 37.2 cm³/mol. The van der Waals surface area contributed by atoms with Crippen LogP contribution in [0.2, 0.25) is 0 Å². The van der Waals surface area contributed by atoms with E-state index in [1.165, 1.54) is 0 Å². The Labute approximate surface area is 54.9 Å². The summed E-state index contributed by atoms with van der Waals surface area (Å²) < 4.78 is 0. The Balaban J connectivity index is 2.37. The van der Waals surface area contributed by atoms with Crippen LogP contribution >= 0.6 is 0 Å². The fraction of sp³-hybridized carbons (Fsp3) is 0.714. The summed E-state index contributed by atoms with van der Waals surface area (Å²) in [5, 5.41) is 3.01. The largest absolute Gasteiger partial charge is 0.151 e. The summed E-state index contributed by atoms with van der Waals surface area (Å²) >= 11 is 0. The van der Waals surface area contributed by atoms with Crippen LogP contribution in [0.4, 0.5) is 0 Å². The third-order valence-corrected chi connectivity index (χ3v) is 1.63.